The van der Waals surface area contributed by atoms with E-state index >= 15 is 0 Å². The van der Waals surface area contributed by atoms with E-state index in [2.05, 4.69) is 49.4 Å². The van der Waals surface area contributed by atoms with Crippen LogP contribution in [0.5, 0.6) is 5.75 Å². The molecule has 8 nitrogen and oxygen atoms in total. The van der Waals surface area contributed by atoms with Crippen LogP contribution in [0.15, 0.2) is 61.2 Å². The Morgan fingerprint density at radius 2 is 1.76 bits per heavy atom. The van der Waals surface area contributed by atoms with Crippen molar-refractivity contribution in [1.82, 2.24) is 19.8 Å². The predicted octanol–water partition coefficient (Wildman–Crippen LogP) is 2.81. The largest absolute Gasteiger partial charge is 0.492 e. The summed E-state index contributed by atoms with van der Waals surface area (Å²) >= 11 is 0. The van der Waals surface area contributed by atoms with Crippen LogP contribution in [0.2, 0.25) is 0 Å². The quantitative estimate of drug-likeness (QED) is 0.580. The van der Waals surface area contributed by atoms with Gasteiger partial charge in [0.2, 0.25) is 0 Å². The summed E-state index contributed by atoms with van der Waals surface area (Å²) in [5.41, 5.74) is 5.52. The summed E-state index contributed by atoms with van der Waals surface area (Å²) in [5.74, 6) is 0.823. The first-order chi connectivity index (χ1) is 16.7. The van der Waals surface area contributed by atoms with Crippen molar-refractivity contribution < 1.29 is 14.6 Å². The van der Waals surface area contributed by atoms with Gasteiger partial charge in [-0.05, 0) is 35.7 Å². The van der Waals surface area contributed by atoms with Gasteiger partial charge in [0, 0.05) is 44.0 Å². The molecule has 2 aliphatic heterocycles. The number of rotatable bonds is 6. The summed E-state index contributed by atoms with van der Waals surface area (Å²) in [5, 5.41) is 14.1. The van der Waals surface area contributed by atoms with Crippen LogP contribution >= 0.6 is 0 Å². The third-order valence-electron chi connectivity index (χ3n) is 6.25. The van der Waals surface area contributed by atoms with Crippen molar-refractivity contribution in [3.63, 3.8) is 0 Å². The molecule has 2 aromatic carbocycles. The number of hydrogen-bond acceptors (Lipinski definition) is 8. The monoisotopic (exact) mass is 461 g/mol. The molecule has 0 saturated heterocycles. The molecule has 0 unspecified atom stereocenters. The number of fused-ring (bicyclic) bond motifs is 2. The van der Waals surface area contributed by atoms with Crippen molar-refractivity contribution in [3.05, 3.63) is 77.9 Å². The zero-order chi connectivity index (χ0) is 23.2. The van der Waals surface area contributed by atoms with Crippen molar-refractivity contribution in [2.45, 2.75) is 25.7 Å². The molecule has 1 aromatic heterocycles. The van der Waals surface area contributed by atoms with E-state index in [1.807, 2.05) is 18.2 Å². The fourth-order valence-electron chi connectivity index (χ4n) is 4.58. The summed E-state index contributed by atoms with van der Waals surface area (Å²) in [6, 6.07) is 14.5. The Hall–Kier alpha value is -3.04. The first-order valence-corrected chi connectivity index (χ1v) is 11.8. The van der Waals surface area contributed by atoms with E-state index in [9.17, 15) is 5.11 Å². The maximum Gasteiger partial charge on any atom is 0.125 e. The molecule has 178 valence electrons. The van der Waals surface area contributed by atoms with Crippen LogP contribution in [0.4, 0.5) is 11.4 Å². The maximum absolute atomic E-state index is 10.8. The predicted molar refractivity (Wildman–Crippen MR) is 130 cm³/mol. The molecule has 0 radical (unpaired) electrons. The van der Waals surface area contributed by atoms with Crippen molar-refractivity contribution in [1.29, 1.82) is 0 Å². The first-order valence-electron chi connectivity index (χ1n) is 11.8. The number of β-amino-alcohol motifs (C(OH)–C–C–N with tert-alkyl or cyclic N) is 1. The Bertz CT molecular complexity index is 1080. The molecule has 0 amide bonds. The van der Waals surface area contributed by atoms with Gasteiger partial charge < -0.3 is 19.9 Å². The highest BCUT2D eigenvalue weighted by molar-refractivity contribution is 5.60. The van der Waals surface area contributed by atoms with Gasteiger partial charge in [-0.15, -0.1) is 0 Å². The lowest BCUT2D eigenvalue weighted by atomic mass is 10.00. The van der Waals surface area contributed by atoms with Gasteiger partial charge >= 0.3 is 0 Å². The fraction of sp³-hybridized carbons (Fsp3) is 0.385. The van der Waals surface area contributed by atoms with Crippen molar-refractivity contribution >= 4 is 11.4 Å². The molecule has 8 heteroatoms. The molecule has 5 rings (SSSR count). The number of benzene rings is 2. The molecule has 34 heavy (non-hydrogen) atoms. The zero-order valence-electron chi connectivity index (χ0n) is 19.3. The number of anilines is 2. The van der Waals surface area contributed by atoms with Gasteiger partial charge in [0.1, 0.15) is 18.7 Å². The second-order valence-electron chi connectivity index (χ2n) is 8.89. The molecule has 1 atom stereocenters. The fourth-order valence-corrected chi connectivity index (χ4v) is 4.58. The van der Waals surface area contributed by atoms with Gasteiger partial charge in [0.05, 0.1) is 37.5 Å². The Morgan fingerprint density at radius 3 is 2.65 bits per heavy atom. The SMILES string of the molecule is O[C@@H](CN1CCOc2ccc(Nc3cncnc3)cc2COC1)CN1CCc2ccccc2C1. The molecule has 2 aliphatic rings. The van der Waals surface area contributed by atoms with Crippen LogP contribution in [0.3, 0.4) is 0 Å². The van der Waals surface area contributed by atoms with E-state index in [0.29, 0.717) is 39.6 Å². The summed E-state index contributed by atoms with van der Waals surface area (Å²) in [6.07, 6.45) is 5.56. The molecule has 0 saturated carbocycles. The summed E-state index contributed by atoms with van der Waals surface area (Å²) < 4.78 is 12.1. The van der Waals surface area contributed by atoms with E-state index in [0.717, 1.165) is 42.2 Å². The Morgan fingerprint density at radius 1 is 0.941 bits per heavy atom. The Labute approximate surface area is 200 Å². The van der Waals surface area contributed by atoms with Gasteiger partial charge in [0.15, 0.2) is 0 Å². The zero-order valence-corrected chi connectivity index (χ0v) is 19.3. The topological polar surface area (TPSA) is 83.0 Å². The van der Waals surface area contributed by atoms with Crippen LogP contribution in [-0.4, -0.2) is 70.5 Å². The third-order valence-corrected chi connectivity index (χ3v) is 6.25. The van der Waals surface area contributed by atoms with Crippen molar-refractivity contribution in [3.8, 4) is 5.75 Å². The number of hydrogen-bond donors (Lipinski definition) is 2. The lowest BCUT2D eigenvalue weighted by Crippen LogP contribution is -2.43. The molecule has 0 fully saturated rings. The second kappa shape index (κ2) is 10.9. The number of aliphatic hydroxyl groups is 1. The summed E-state index contributed by atoms with van der Waals surface area (Å²) in [4.78, 5) is 12.5. The molecular formula is C26H31N5O3. The lowest BCUT2D eigenvalue weighted by Gasteiger charge is -2.32. The smallest absolute Gasteiger partial charge is 0.125 e. The average molecular weight is 462 g/mol. The molecule has 3 aromatic rings. The van der Waals surface area contributed by atoms with Crippen LogP contribution in [0.1, 0.15) is 16.7 Å². The summed E-state index contributed by atoms with van der Waals surface area (Å²) in [7, 11) is 0. The number of ether oxygens (including phenoxy) is 2. The minimum absolute atomic E-state index is 0.436. The molecule has 0 bridgehead atoms. The minimum atomic E-state index is -0.444. The normalized spacial score (nSPS) is 17.9. The van der Waals surface area contributed by atoms with E-state index < -0.39 is 6.10 Å². The average Bonchev–Trinajstić information content (AvgIpc) is 2.94. The summed E-state index contributed by atoms with van der Waals surface area (Å²) in [6.45, 7) is 5.21. The second-order valence-corrected chi connectivity index (χ2v) is 8.89. The van der Waals surface area contributed by atoms with Gasteiger partial charge in [-0.3, -0.25) is 9.80 Å². The van der Waals surface area contributed by atoms with Crippen molar-refractivity contribution in [2.24, 2.45) is 0 Å². The van der Waals surface area contributed by atoms with Crippen LogP contribution in [0, 0.1) is 0 Å². The van der Waals surface area contributed by atoms with E-state index in [-0.39, 0.29) is 0 Å². The van der Waals surface area contributed by atoms with Gasteiger partial charge in [-0.2, -0.15) is 0 Å². The molecule has 2 N–H and O–H groups in total. The van der Waals surface area contributed by atoms with Crippen LogP contribution in [-0.2, 0) is 24.3 Å². The van der Waals surface area contributed by atoms with E-state index in [1.165, 1.54) is 17.5 Å². The number of nitrogens with one attached hydrogen (secondary N) is 1. The van der Waals surface area contributed by atoms with Crippen molar-refractivity contribution in [2.75, 3.05) is 44.8 Å². The minimum Gasteiger partial charge on any atom is -0.492 e. The highest BCUT2D eigenvalue weighted by Crippen LogP contribution is 2.26. The number of nitrogens with zero attached hydrogens (tertiary/aromatic N) is 4. The van der Waals surface area contributed by atoms with Gasteiger partial charge in [-0.25, -0.2) is 9.97 Å². The molecule has 0 aliphatic carbocycles. The Kier molecular flexibility index (Phi) is 7.31. The van der Waals surface area contributed by atoms with Gasteiger partial charge in [-0.1, -0.05) is 24.3 Å². The van der Waals surface area contributed by atoms with Crippen LogP contribution < -0.4 is 10.1 Å². The molecule has 3 heterocycles. The highest BCUT2D eigenvalue weighted by Gasteiger charge is 2.21. The number of aromatic nitrogens is 2. The Balaban J connectivity index is 1.13. The van der Waals surface area contributed by atoms with E-state index in [4.69, 9.17) is 9.47 Å². The number of aliphatic hydroxyl groups excluding tert-OH is 1. The first kappa shape index (κ1) is 22.7. The highest BCUT2D eigenvalue weighted by atomic mass is 16.5. The van der Waals surface area contributed by atoms with Crippen LogP contribution in [0.25, 0.3) is 0 Å². The molecular weight excluding hydrogens is 430 g/mol. The maximum atomic E-state index is 10.8. The molecule has 0 spiro atoms. The van der Waals surface area contributed by atoms with E-state index in [1.54, 1.807) is 12.4 Å². The third kappa shape index (κ3) is 5.90. The van der Waals surface area contributed by atoms with Gasteiger partial charge in [0.25, 0.3) is 0 Å². The lowest BCUT2D eigenvalue weighted by molar-refractivity contribution is -0.0118. The standard InChI is InChI=1S/C26H31N5O3/c32-25(15-30-8-7-20-3-1-2-4-21(20)14-30)16-31-9-10-34-26-6-5-23(11-22(26)17-33-19-31)29-24-12-27-18-28-13-24/h1-6,11-13,18,25,29,32H,7-10,14-17,19H2/t25-/m1/s1.